The maximum atomic E-state index is 12.5. The van der Waals surface area contributed by atoms with Crippen LogP contribution in [0.15, 0.2) is 48.5 Å². The van der Waals surface area contributed by atoms with Crippen LogP contribution in [0.1, 0.15) is 22.8 Å². The molecule has 1 saturated heterocycles. The average Bonchev–Trinajstić information content (AvgIpc) is 3.10. The molecule has 0 bridgehead atoms. The first-order valence-electron chi connectivity index (χ1n) is 10.2. The van der Waals surface area contributed by atoms with Gasteiger partial charge < -0.3 is 9.80 Å². The molecule has 0 unspecified atom stereocenters. The van der Waals surface area contributed by atoms with Crippen molar-refractivity contribution >= 4 is 17.8 Å². The van der Waals surface area contributed by atoms with E-state index >= 15 is 0 Å². The molecule has 0 atom stereocenters. The van der Waals surface area contributed by atoms with Crippen molar-refractivity contribution < 1.29 is 4.79 Å². The summed E-state index contributed by atoms with van der Waals surface area (Å²) in [6.45, 7) is 8.68. The van der Waals surface area contributed by atoms with E-state index in [0.717, 1.165) is 41.7 Å². The first kappa shape index (κ1) is 19.8. The zero-order valence-electron chi connectivity index (χ0n) is 17.6. The van der Waals surface area contributed by atoms with Gasteiger partial charge in [-0.25, -0.2) is 14.6 Å². The number of amides is 1. The minimum absolute atomic E-state index is 0.0423. The van der Waals surface area contributed by atoms with Gasteiger partial charge in [-0.1, -0.05) is 30.3 Å². The molecule has 0 spiro atoms. The van der Waals surface area contributed by atoms with Gasteiger partial charge in [-0.3, -0.25) is 4.79 Å². The molecule has 0 saturated carbocycles. The second kappa shape index (κ2) is 8.49. The number of hydrogen-bond acceptors (Lipinski definition) is 5. The molecule has 1 amide bonds. The lowest BCUT2D eigenvalue weighted by atomic mass is 10.2. The third kappa shape index (κ3) is 4.40. The molecule has 7 nitrogen and oxygen atoms in total. The molecule has 1 aliphatic rings. The third-order valence-corrected chi connectivity index (χ3v) is 5.17. The molecule has 7 heteroatoms. The van der Waals surface area contributed by atoms with Crippen LogP contribution in [0.3, 0.4) is 0 Å². The van der Waals surface area contributed by atoms with Crippen molar-refractivity contribution in [3.8, 4) is 5.82 Å². The van der Waals surface area contributed by atoms with Gasteiger partial charge in [-0.05, 0) is 38.5 Å². The summed E-state index contributed by atoms with van der Waals surface area (Å²) in [6, 6.07) is 13.9. The predicted octanol–water partition coefficient (Wildman–Crippen LogP) is 2.95. The summed E-state index contributed by atoms with van der Waals surface area (Å²) in [5, 5.41) is 4.54. The Labute approximate surface area is 176 Å². The highest BCUT2D eigenvalue weighted by atomic mass is 16.2. The second-order valence-electron chi connectivity index (χ2n) is 7.53. The van der Waals surface area contributed by atoms with Crippen LogP contribution in [-0.4, -0.2) is 56.7 Å². The Balaban J connectivity index is 1.43. The molecule has 154 valence electrons. The van der Waals surface area contributed by atoms with E-state index in [0.29, 0.717) is 18.9 Å². The van der Waals surface area contributed by atoms with Crippen LogP contribution >= 0.6 is 0 Å². The van der Waals surface area contributed by atoms with E-state index < -0.39 is 0 Å². The van der Waals surface area contributed by atoms with Gasteiger partial charge in [0.2, 0.25) is 5.91 Å². The van der Waals surface area contributed by atoms with Crippen LogP contribution < -0.4 is 4.90 Å². The van der Waals surface area contributed by atoms with Crippen molar-refractivity contribution in [2.45, 2.75) is 20.8 Å². The molecule has 1 aliphatic heterocycles. The molecule has 1 aromatic carbocycles. The van der Waals surface area contributed by atoms with E-state index in [4.69, 9.17) is 0 Å². The zero-order chi connectivity index (χ0) is 21.1. The van der Waals surface area contributed by atoms with Crippen LogP contribution in [0.4, 0.5) is 5.82 Å². The Bertz CT molecular complexity index is 1060. The highest BCUT2D eigenvalue weighted by molar-refractivity contribution is 5.91. The molecular formula is C23H26N6O. The maximum absolute atomic E-state index is 12.5. The largest absolute Gasteiger partial charge is 0.353 e. The fraction of sp³-hybridized carbons (Fsp3) is 0.304. The Morgan fingerprint density at radius 2 is 1.63 bits per heavy atom. The van der Waals surface area contributed by atoms with Crippen LogP contribution in [-0.2, 0) is 4.79 Å². The molecule has 0 radical (unpaired) electrons. The molecule has 0 N–H and O–H groups in total. The van der Waals surface area contributed by atoms with Gasteiger partial charge in [0.25, 0.3) is 0 Å². The summed E-state index contributed by atoms with van der Waals surface area (Å²) in [7, 11) is 0. The lowest BCUT2D eigenvalue weighted by Gasteiger charge is -2.35. The SMILES string of the molecule is Cc1cc(C)n(-c2cc(N3CCN(C(=O)/C=C/c4ccccc4)CC3)nc(C)n2)n1. The van der Waals surface area contributed by atoms with Gasteiger partial charge in [0.1, 0.15) is 11.6 Å². The van der Waals surface area contributed by atoms with Crippen molar-refractivity contribution in [2.24, 2.45) is 0 Å². The van der Waals surface area contributed by atoms with E-state index in [9.17, 15) is 4.79 Å². The first-order valence-corrected chi connectivity index (χ1v) is 10.2. The number of anilines is 1. The third-order valence-electron chi connectivity index (χ3n) is 5.17. The number of hydrogen-bond donors (Lipinski definition) is 0. The molecule has 3 heterocycles. The molecule has 4 rings (SSSR count). The lowest BCUT2D eigenvalue weighted by Crippen LogP contribution is -2.48. The quantitative estimate of drug-likeness (QED) is 0.628. The summed E-state index contributed by atoms with van der Waals surface area (Å²) in [6.07, 6.45) is 3.52. The van der Waals surface area contributed by atoms with Gasteiger partial charge in [-0.15, -0.1) is 0 Å². The molecule has 2 aromatic heterocycles. The summed E-state index contributed by atoms with van der Waals surface area (Å²) >= 11 is 0. The lowest BCUT2D eigenvalue weighted by molar-refractivity contribution is -0.126. The van der Waals surface area contributed by atoms with E-state index in [-0.39, 0.29) is 5.91 Å². The number of piperazine rings is 1. The van der Waals surface area contributed by atoms with Crippen LogP contribution in [0.2, 0.25) is 0 Å². The van der Waals surface area contributed by atoms with Crippen LogP contribution in [0.25, 0.3) is 11.9 Å². The van der Waals surface area contributed by atoms with Crippen molar-refractivity contribution in [2.75, 3.05) is 31.1 Å². The first-order chi connectivity index (χ1) is 14.5. The number of carbonyl (C=O) groups excluding carboxylic acids is 1. The Morgan fingerprint density at radius 1 is 0.933 bits per heavy atom. The minimum Gasteiger partial charge on any atom is -0.353 e. The highest BCUT2D eigenvalue weighted by Crippen LogP contribution is 2.19. The predicted molar refractivity (Wildman–Crippen MR) is 118 cm³/mol. The minimum atomic E-state index is 0.0423. The van der Waals surface area contributed by atoms with Crippen molar-refractivity contribution in [1.82, 2.24) is 24.6 Å². The molecular weight excluding hydrogens is 376 g/mol. The van der Waals surface area contributed by atoms with E-state index in [2.05, 4.69) is 20.0 Å². The van der Waals surface area contributed by atoms with Crippen molar-refractivity contribution in [3.63, 3.8) is 0 Å². The Kier molecular flexibility index (Phi) is 5.61. The summed E-state index contributed by atoms with van der Waals surface area (Å²) in [5.41, 5.74) is 3.02. The summed E-state index contributed by atoms with van der Waals surface area (Å²) in [4.78, 5) is 25.8. The fourth-order valence-corrected chi connectivity index (χ4v) is 3.66. The molecule has 1 fully saturated rings. The van der Waals surface area contributed by atoms with E-state index in [1.807, 2.05) is 78.9 Å². The number of aryl methyl sites for hydroxylation is 3. The molecule has 30 heavy (non-hydrogen) atoms. The smallest absolute Gasteiger partial charge is 0.246 e. The second-order valence-corrected chi connectivity index (χ2v) is 7.53. The topological polar surface area (TPSA) is 67.2 Å². The maximum Gasteiger partial charge on any atom is 0.246 e. The fourth-order valence-electron chi connectivity index (χ4n) is 3.66. The summed E-state index contributed by atoms with van der Waals surface area (Å²) in [5.74, 6) is 2.39. The number of benzene rings is 1. The van der Waals surface area contributed by atoms with Crippen LogP contribution in [0.5, 0.6) is 0 Å². The van der Waals surface area contributed by atoms with Gasteiger partial charge in [0.15, 0.2) is 5.82 Å². The number of aromatic nitrogens is 4. The average molecular weight is 403 g/mol. The number of rotatable bonds is 4. The standard InChI is InChI=1S/C23H26N6O/c1-17-15-18(2)29(26-17)22-16-21(24-19(3)25-22)27-11-13-28(14-12-27)23(30)10-9-20-7-5-4-6-8-20/h4-10,15-16H,11-14H2,1-3H3/b10-9+. The Hall–Kier alpha value is -3.48. The number of carbonyl (C=O) groups is 1. The van der Waals surface area contributed by atoms with Gasteiger partial charge >= 0.3 is 0 Å². The highest BCUT2D eigenvalue weighted by Gasteiger charge is 2.21. The monoisotopic (exact) mass is 402 g/mol. The van der Waals surface area contributed by atoms with Crippen molar-refractivity contribution in [3.05, 3.63) is 71.3 Å². The van der Waals surface area contributed by atoms with Crippen molar-refractivity contribution in [1.29, 1.82) is 0 Å². The molecule has 0 aliphatic carbocycles. The van der Waals surface area contributed by atoms with Gasteiger partial charge in [0.05, 0.1) is 5.69 Å². The summed E-state index contributed by atoms with van der Waals surface area (Å²) < 4.78 is 1.85. The normalized spacial score (nSPS) is 14.5. The molecule has 3 aromatic rings. The van der Waals surface area contributed by atoms with Gasteiger partial charge in [-0.2, -0.15) is 5.10 Å². The van der Waals surface area contributed by atoms with Crippen LogP contribution in [0, 0.1) is 20.8 Å². The van der Waals surface area contributed by atoms with Gasteiger partial charge in [0, 0.05) is 44.0 Å². The zero-order valence-corrected chi connectivity index (χ0v) is 17.6. The van der Waals surface area contributed by atoms with E-state index in [1.165, 1.54) is 0 Å². The Morgan fingerprint density at radius 3 is 2.30 bits per heavy atom. The van der Waals surface area contributed by atoms with E-state index in [1.54, 1.807) is 6.08 Å². The number of nitrogens with zero attached hydrogens (tertiary/aromatic N) is 6.